The van der Waals surface area contributed by atoms with Crippen LogP contribution in [0.2, 0.25) is 0 Å². The van der Waals surface area contributed by atoms with Gasteiger partial charge in [-0.3, -0.25) is 4.79 Å². The first-order valence-electron chi connectivity index (χ1n) is 8.76. The van der Waals surface area contributed by atoms with Crippen molar-refractivity contribution >= 4 is 17.5 Å². The number of hydrogen-bond acceptors (Lipinski definition) is 5. The van der Waals surface area contributed by atoms with Gasteiger partial charge in [-0.05, 0) is 36.6 Å². The molecule has 0 saturated heterocycles. The molecular weight excluding hydrogens is 358 g/mol. The van der Waals surface area contributed by atoms with E-state index in [2.05, 4.69) is 29.3 Å². The molecule has 1 heterocycles. The van der Waals surface area contributed by atoms with Crippen molar-refractivity contribution in [2.45, 2.75) is 30.7 Å². The van der Waals surface area contributed by atoms with Crippen molar-refractivity contribution < 1.29 is 9.53 Å². The third-order valence-electron chi connectivity index (χ3n) is 4.45. The highest BCUT2D eigenvalue weighted by Gasteiger charge is 2.16. The lowest BCUT2D eigenvalue weighted by Crippen LogP contribution is -2.07. The van der Waals surface area contributed by atoms with Gasteiger partial charge >= 0.3 is 0 Å². The second-order valence-electron chi connectivity index (χ2n) is 6.49. The first kappa shape index (κ1) is 19.2. The average molecular weight is 382 g/mol. The van der Waals surface area contributed by atoms with Crippen LogP contribution in [0.1, 0.15) is 39.2 Å². The molecule has 140 valence electrons. The Labute approximate surface area is 163 Å². The molecule has 0 aliphatic heterocycles. The molecule has 27 heavy (non-hydrogen) atoms. The monoisotopic (exact) mass is 381 g/mol. The minimum atomic E-state index is 0.0568. The van der Waals surface area contributed by atoms with Gasteiger partial charge in [0, 0.05) is 18.7 Å². The first-order valence-corrected chi connectivity index (χ1v) is 9.64. The average Bonchev–Trinajstić information content (AvgIpc) is 3.06. The Balaban J connectivity index is 1.77. The summed E-state index contributed by atoms with van der Waals surface area (Å²) in [5.74, 6) is 0.714. The van der Waals surface area contributed by atoms with Crippen molar-refractivity contribution in [3.05, 3.63) is 71.0 Å². The molecule has 0 aliphatic carbocycles. The van der Waals surface area contributed by atoms with Crippen LogP contribution in [0.3, 0.4) is 0 Å². The van der Waals surface area contributed by atoms with E-state index in [0.717, 1.165) is 21.8 Å². The van der Waals surface area contributed by atoms with Crippen molar-refractivity contribution in [2.24, 2.45) is 7.05 Å². The fraction of sp³-hybridized carbons (Fsp3) is 0.286. The predicted octanol–water partition coefficient (Wildman–Crippen LogP) is 4.41. The minimum absolute atomic E-state index is 0.0568. The van der Waals surface area contributed by atoms with Gasteiger partial charge in [0.2, 0.25) is 0 Å². The molecule has 0 radical (unpaired) electrons. The Kier molecular flexibility index (Phi) is 5.96. The van der Waals surface area contributed by atoms with Gasteiger partial charge in [0.05, 0.1) is 12.7 Å². The molecule has 0 unspecified atom stereocenters. The molecule has 6 heteroatoms. The Morgan fingerprint density at radius 2 is 2.04 bits per heavy atom. The number of nitrogens with zero attached hydrogens (tertiary/aromatic N) is 3. The molecule has 0 N–H and O–H groups in total. The van der Waals surface area contributed by atoms with Gasteiger partial charge in [-0.1, -0.05) is 48.2 Å². The van der Waals surface area contributed by atoms with Crippen LogP contribution < -0.4 is 4.74 Å². The highest BCUT2D eigenvalue weighted by atomic mass is 32.2. The molecule has 0 saturated carbocycles. The van der Waals surface area contributed by atoms with Crippen LogP contribution >= 0.6 is 11.8 Å². The number of benzene rings is 2. The lowest BCUT2D eigenvalue weighted by atomic mass is 9.98. The maximum Gasteiger partial charge on any atom is 0.191 e. The summed E-state index contributed by atoms with van der Waals surface area (Å²) in [6, 6.07) is 13.8. The number of para-hydroxylation sites is 1. The van der Waals surface area contributed by atoms with Crippen molar-refractivity contribution in [3.8, 4) is 5.75 Å². The molecule has 0 spiro atoms. The van der Waals surface area contributed by atoms with E-state index in [1.807, 2.05) is 48.9 Å². The molecule has 0 amide bonds. The molecule has 1 atom stereocenters. The van der Waals surface area contributed by atoms with Gasteiger partial charge in [-0.25, -0.2) is 0 Å². The molecule has 3 rings (SSSR count). The van der Waals surface area contributed by atoms with Crippen molar-refractivity contribution in [3.63, 3.8) is 0 Å². The topological polar surface area (TPSA) is 57.0 Å². The summed E-state index contributed by atoms with van der Waals surface area (Å²) in [6.07, 6.45) is 2.04. The zero-order chi connectivity index (χ0) is 19.4. The SMILES string of the molecule is COc1c(C)cccc1C(=O)Cc1cccc([C@H](C)Sc2nncn2C)c1. The standard InChI is InChI=1S/C21H23N3O2S/c1-14-7-5-10-18(20(14)26-4)19(25)12-16-8-6-9-17(11-16)15(2)27-21-23-22-13-24(21)3/h5-11,13,15H,12H2,1-4H3/t15-/m0/s1. The summed E-state index contributed by atoms with van der Waals surface area (Å²) in [5, 5.41) is 9.12. The number of Topliss-reactive ketones (excluding diaryl/α,β-unsaturated/α-hetero) is 1. The number of ketones is 1. The van der Waals surface area contributed by atoms with Crippen molar-refractivity contribution in [1.29, 1.82) is 0 Å². The van der Waals surface area contributed by atoms with E-state index in [0.29, 0.717) is 17.7 Å². The Morgan fingerprint density at radius 1 is 1.26 bits per heavy atom. The van der Waals surface area contributed by atoms with Crippen LogP contribution in [0.5, 0.6) is 5.75 Å². The first-order chi connectivity index (χ1) is 13.0. The number of aromatic nitrogens is 3. The summed E-state index contributed by atoms with van der Waals surface area (Å²) in [5.41, 5.74) is 3.74. The highest BCUT2D eigenvalue weighted by Crippen LogP contribution is 2.33. The number of carbonyl (C=O) groups is 1. The Bertz CT molecular complexity index is 952. The zero-order valence-corrected chi connectivity index (χ0v) is 16.8. The predicted molar refractivity (Wildman–Crippen MR) is 107 cm³/mol. The fourth-order valence-electron chi connectivity index (χ4n) is 2.99. The largest absolute Gasteiger partial charge is 0.496 e. The fourth-order valence-corrected chi connectivity index (χ4v) is 3.89. The molecule has 0 bridgehead atoms. The normalized spacial score (nSPS) is 12.0. The number of carbonyl (C=O) groups excluding carboxylic acids is 1. The van der Waals surface area contributed by atoms with Gasteiger partial charge in [0.1, 0.15) is 12.1 Å². The smallest absolute Gasteiger partial charge is 0.191 e. The number of hydrogen-bond donors (Lipinski definition) is 0. The molecule has 1 aromatic heterocycles. The number of rotatable bonds is 7. The Hall–Kier alpha value is -2.60. The highest BCUT2D eigenvalue weighted by molar-refractivity contribution is 7.99. The lowest BCUT2D eigenvalue weighted by Gasteiger charge is -2.13. The molecule has 3 aromatic rings. The van der Waals surface area contributed by atoms with Crippen LogP contribution in [0.4, 0.5) is 0 Å². The summed E-state index contributed by atoms with van der Waals surface area (Å²) in [6.45, 7) is 4.07. The summed E-state index contributed by atoms with van der Waals surface area (Å²) < 4.78 is 7.33. The molecule has 0 aliphatic rings. The Morgan fingerprint density at radius 3 is 2.74 bits per heavy atom. The second-order valence-corrected chi connectivity index (χ2v) is 7.79. The number of thioether (sulfide) groups is 1. The summed E-state index contributed by atoms with van der Waals surface area (Å²) in [7, 11) is 3.53. The third-order valence-corrected chi connectivity index (χ3v) is 5.66. The zero-order valence-electron chi connectivity index (χ0n) is 16.0. The molecule has 2 aromatic carbocycles. The van der Waals surface area contributed by atoms with Crippen molar-refractivity contribution in [2.75, 3.05) is 7.11 Å². The van der Waals surface area contributed by atoms with Gasteiger partial charge < -0.3 is 9.30 Å². The van der Waals surface area contributed by atoms with Gasteiger partial charge in [0.15, 0.2) is 10.9 Å². The summed E-state index contributed by atoms with van der Waals surface area (Å²) >= 11 is 1.65. The van der Waals surface area contributed by atoms with E-state index in [9.17, 15) is 4.79 Å². The van der Waals surface area contributed by atoms with Gasteiger partial charge in [-0.2, -0.15) is 0 Å². The van der Waals surface area contributed by atoms with E-state index in [-0.39, 0.29) is 11.0 Å². The van der Waals surface area contributed by atoms with E-state index >= 15 is 0 Å². The van der Waals surface area contributed by atoms with Crippen molar-refractivity contribution in [1.82, 2.24) is 14.8 Å². The van der Waals surface area contributed by atoms with Crippen LogP contribution in [-0.2, 0) is 13.5 Å². The number of methoxy groups -OCH3 is 1. The second kappa shape index (κ2) is 8.39. The summed E-state index contributed by atoms with van der Waals surface area (Å²) in [4.78, 5) is 12.8. The lowest BCUT2D eigenvalue weighted by molar-refractivity contribution is 0.0990. The van der Waals surface area contributed by atoms with Crippen LogP contribution in [-0.4, -0.2) is 27.7 Å². The van der Waals surface area contributed by atoms with Crippen LogP contribution in [0.25, 0.3) is 0 Å². The van der Waals surface area contributed by atoms with Crippen LogP contribution in [0.15, 0.2) is 53.9 Å². The van der Waals surface area contributed by atoms with E-state index < -0.39 is 0 Å². The van der Waals surface area contributed by atoms with Gasteiger partial charge in [-0.15, -0.1) is 10.2 Å². The quantitative estimate of drug-likeness (QED) is 0.448. The van der Waals surface area contributed by atoms with Gasteiger partial charge in [0.25, 0.3) is 0 Å². The maximum atomic E-state index is 12.8. The van der Waals surface area contributed by atoms with E-state index in [4.69, 9.17) is 4.74 Å². The maximum absolute atomic E-state index is 12.8. The minimum Gasteiger partial charge on any atom is -0.496 e. The van der Waals surface area contributed by atoms with E-state index in [1.165, 1.54) is 0 Å². The van der Waals surface area contributed by atoms with E-state index in [1.54, 1.807) is 25.2 Å². The number of aryl methyl sites for hydroxylation is 2. The molecule has 0 fully saturated rings. The molecular formula is C21H23N3O2S. The number of ether oxygens (including phenoxy) is 1. The third kappa shape index (κ3) is 4.39. The van der Waals surface area contributed by atoms with Crippen LogP contribution in [0, 0.1) is 6.92 Å². The molecule has 5 nitrogen and oxygen atoms in total.